The van der Waals surface area contributed by atoms with Crippen molar-refractivity contribution in [2.45, 2.75) is 20.3 Å². The van der Waals surface area contributed by atoms with Crippen LogP contribution in [0.2, 0.25) is 0 Å². The molecule has 0 aliphatic carbocycles. The summed E-state index contributed by atoms with van der Waals surface area (Å²) in [6.07, 6.45) is 0.536. The molecule has 2 heteroatoms. The minimum atomic E-state index is 0.163. The van der Waals surface area contributed by atoms with Crippen molar-refractivity contribution >= 4 is 5.78 Å². The first-order chi connectivity index (χ1) is 6.20. The van der Waals surface area contributed by atoms with Crippen LogP contribution in [-0.2, 0) is 0 Å². The first-order valence-corrected chi connectivity index (χ1v) is 4.37. The van der Waals surface area contributed by atoms with Crippen LogP contribution in [0, 0.1) is 6.92 Å². The zero-order valence-electron chi connectivity index (χ0n) is 8.26. The van der Waals surface area contributed by atoms with Crippen LogP contribution in [0.5, 0.6) is 5.75 Å². The molecule has 0 aliphatic heterocycles. The number of hydrogen-bond acceptors (Lipinski definition) is 2. The van der Waals surface area contributed by atoms with Crippen LogP contribution < -0.4 is 4.74 Å². The Morgan fingerprint density at radius 3 is 2.69 bits per heavy atom. The summed E-state index contributed by atoms with van der Waals surface area (Å²) >= 11 is 0. The van der Waals surface area contributed by atoms with E-state index in [9.17, 15) is 4.79 Å². The van der Waals surface area contributed by atoms with Crippen molar-refractivity contribution in [3.63, 3.8) is 0 Å². The topological polar surface area (TPSA) is 26.3 Å². The maximum Gasteiger partial charge on any atom is 0.163 e. The van der Waals surface area contributed by atoms with E-state index in [4.69, 9.17) is 4.74 Å². The fraction of sp³-hybridized carbons (Fsp3) is 0.364. The van der Waals surface area contributed by atoms with Gasteiger partial charge < -0.3 is 4.74 Å². The summed E-state index contributed by atoms with van der Waals surface area (Å²) in [7, 11) is 1.61. The average Bonchev–Trinajstić information content (AvgIpc) is 2.17. The Bertz CT molecular complexity index is 316. The molecule has 0 heterocycles. The number of rotatable bonds is 3. The van der Waals surface area contributed by atoms with Gasteiger partial charge in [-0.05, 0) is 13.0 Å². The van der Waals surface area contributed by atoms with Crippen molar-refractivity contribution < 1.29 is 9.53 Å². The van der Waals surface area contributed by atoms with Gasteiger partial charge in [-0.25, -0.2) is 0 Å². The van der Waals surface area contributed by atoms with E-state index in [-0.39, 0.29) is 5.78 Å². The molecule has 0 N–H and O–H groups in total. The van der Waals surface area contributed by atoms with Crippen molar-refractivity contribution in [2.75, 3.05) is 7.11 Å². The Hall–Kier alpha value is -1.31. The molecule has 2 nitrogen and oxygen atoms in total. The molecule has 0 aliphatic rings. The molecule has 0 amide bonds. The van der Waals surface area contributed by atoms with E-state index in [1.165, 1.54) is 0 Å². The van der Waals surface area contributed by atoms with Gasteiger partial charge in [-0.2, -0.15) is 0 Å². The predicted octanol–water partition coefficient (Wildman–Crippen LogP) is 2.60. The Morgan fingerprint density at radius 2 is 2.15 bits per heavy atom. The fourth-order valence-electron chi connectivity index (χ4n) is 1.33. The molecular formula is C11H14O2. The Kier molecular flexibility index (Phi) is 3.07. The molecule has 1 aromatic carbocycles. The minimum absolute atomic E-state index is 0.163. The van der Waals surface area contributed by atoms with Crippen molar-refractivity contribution in [1.82, 2.24) is 0 Å². The standard InChI is InChI=1S/C11H14O2/c1-4-10(12)9-6-5-7-11(13-3)8(9)2/h5-7H,4H2,1-3H3. The highest BCUT2D eigenvalue weighted by molar-refractivity contribution is 5.97. The molecule has 0 radical (unpaired) electrons. The van der Waals surface area contributed by atoms with E-state index in [1.54, 1.807) is 7.11 Å². The molecule has 0 saturated heterocycles. The van der Waals surface area contributed by atoms with Gasteiger partial charge in [0, 0.05) is 17.5 Å². The third kappa shape index (κ3) is 1.89. The number of carbonyl (C=O) groups is 1. The Labute approximate surface area is 78.5 Å². The molecule has 0 aromatic heterocycles. The van der Waals surface area contributed by atoms with Crippen molar-refractivity contribution in [2.24, 2.45) is 0 Å². The van der Waals surface area contributed by atoms with Crippen molar-refractivity contribution in [3.8, 4) is 5.75 Å². The van der Waals surface area contributed by atoms with Gasteiger partial charge in [0.15, 0.2) is 5.78 Å². The first kappa shape index (κ1) is 9.78. The molecule has 1 rings (SSSR count). The molecule has 0 spiro atoms. The van der Waals surface area contributed by atoms with Crippen LogP contribution in [0.15, 0.2) is 18.2 Å². The molecule has 0 bridgehead atoms. The van der Waals surface area contributed by atoms with Crippen LogP contribution in [0.25, 0.3) is 0 Å². The third-order valence-corrected chi connectivity index (χ3v) is 2.13. The summed E-state index contributed by atoms with van der Waals surface area (Å²) in [5.41, 5.74) is 1.69. The molecule has 0 fully saturated rings. The monoisotopic (exact) mass is 178 g/mol. The van der Waals surface area contributed by atoms with E-state index < -0.39 is 0 Å². The first-order valence-electron chi connectivity index (χ1n) is 4.37. The third-order valence-electron chi connectivity index (χ3n) is 2.13. The van der Waals surface area contributed by atoms with Crippen LogP contribution in [0.4, 0.5) is 0 Å². The molecule has 0 unspecified atom stereocenters. The van der Waals surface area contributed by atoms with Crippen LogP contribution in [0.1, 0.15) is 29.3 Å². The maximum atomic E-state index is 11.4. The quantitative estimate of drug-likeness (QED) is 0.665. The number of carbonyl (C=O) groups excluding carboxylic acids is 1. The number of methoxy groups -OCH3 is 1. The maximum absolute atomic E-state index is 11.4. The summed E-state index contributed by atoms with van der Waals surface area (Å²) in [4.78, 5) is 11.4. The highest BCUT2D eigenvalue weighted by atomic mass is 16.5. The van der Waals surface area contributed by atoms with Gasteiger partial charge >= 0.3 is 0 Å². The second kappa shape index (κ2) is 4.08. The highest BCUT2D eigenvalue weighted by Gasteiger charge is 2.09. The number of Topliss-reactive ketones (excluding diaryl/α,β-unsaturated/α-hetero) is 1. The van der Waals surface area contributed by atoms with Crippen molar-refractivity contribution in [3.05, 3.63) is 29.3 Å². The SMILES string of the molecule is CCC(=O)c1cccc(OC)c1C. The summed E-state index contributed by atoms with van der Waals surface area (Å²) in [5, 5.41) is 0. The van der Waals surface area contributed by atoms with Gasteiger partial charge in [-0.15, -0.1) is 0 Å². The van der Waals surface area contributed by atoms with Gasteiger partial charge in [0.05, 0.1) is 7.11 Å². The van der Waals surface area contributed by atoms with Gasteiger partial charge in [0.1, 0.15) is 5.75 Å². The molecule has 13 heavy (non-hydrogen) atoms. The second-order valence-corrected chi connectivity index (χ2v) is 2.91. The largest absolute Gasteiger partial charge is 0.496 e. The fourth-order valence-corrected chi connectivity index (χ4v) is 1.33. The normalized spacial score (nSPS) is 9.77. The number of benzene rings is 1. The van der Waals surface area contributed by atoms with Crippen molar-refractivity contribution in [1.29, 1.82) is 0 Å². The van der Waals surface area contributed by atoms with E-state index >= 15 is 0 Å². The van der Waals surface area contributed by atoms with Crippen LogP contribution >= 0.6 is 0 Å². The summed E-state index contributed by atoms with van der Waals surface area (Å²) in [5.74, 6) is 0.940. The van der Waals surface area contributed by atoms with E-state index in [0.717, 1.165) is 16.9 Å². The second-order valence-electron chi connectivity index (χ2n) is 2.91. The lowest BCUT2D eigenvalue weighted by molar-refractivity contribution is 0.0987. The number of ether oxygens (including phenoxy) is 1. The van der Waals surface area contributed by atoms with Gasteiger partial charge in [-0.3, -0.25) is 4.79 Å². The van der Waals surface area contributed by atoms with Crippen LogP contribution in [0.3, 0.4) is 0 Å². The minimum Gasteiger partial charge on any atom is -0.496 e. The van der Waals surface area contributed by atoms with E-state index in [2.05, 4.69) is 0 Å². The number of ketones is 1. The van der Waals surface area contributed by atoms with E-state index in [0.29, 0.717) is 6.42 Å². The molecule has 0 saturated carbocycles. The zero-order valence-corrected chi connectivity index (χ0v) is 8.26. The highest BCUT2D eigenvalue weighted by Crippen LogP contribution is 2.21. The predicted molar refractivity (Wildman–Crippen MR) is 52.4 cm³/mol. The summed E-state index contributed by atoms with van der Waals surface area (Å²) in [6.45, 7) is 3.77. The molecular weight excluding hydrogens is 164 g/mol. The summed E-state index contributed by atoms with van der Waals surface area (Å²) in [6, 6.07) is 5.54. The summed E-state index contributed by atoms with van der Waals surface area (Å²) < 4.78 is 5.13. The van der Waals surface area contributed by atoms with Crippen LogP contribution in [-0.4, -0.2) is 12.9 Å². The van der Waals surface area contributed by atoms with Gasteiger partial charge in [0.2, 0.25) is 0 Å². The number of hydrogen-bond donors (Lipinski definition) is 0. The van der Waals surface area contributed by atoms with Gasteiger partial charge in [-0.1, -0.05) is 19.1 Å². The zero-order chi connectivity index (χ0) is 9.84. The lowest BCUT2D eigenvalue weighted by atomic mass is 10.0. The van der Waals surface area contributed by atoms with E-state index in [1.807, 2.05) is 32.0 Å². The lowest BCUT2D eigenvalue weighted by Crippen LogP contribution is -2.01. The average molecular weight is 178 g/mol. The van der Waals surface area contributed by atoms with Gasteiger partial charge in [0.25, 0.3) is 0 Å². The Balaban J connectivity index is 3.15. The molecule has 0 atom stereocenters. The molecule has 70 valence electrons. The lowest BCUT2D eigenvalue weighted by Gasteiger charge is -2.07. The molecule has 1 aromatic rings. The Morgan fingerprint density at radius 1 is 1.46 bits per heavy atom. The smallest absolute Gasteiger partial charge is 0.163 e.